The monoisotopic (exact) mass is 344 g/mol. The molecular formula is C16H16N4O3S. The molecule has 1 amide bonds. The number of nitrogens with one attached hydrogen (secondary N) is 1. The van der Waals surface area contributed by atoms with Crippen molar-refractivity contribution in [2.24, 2.45) is 0 Å². The van der Waals surface area contributed by atoms with Gasteiger partial charge in [0, 0.05) is 17.3 Å². The molecule has 0 bridgehead atoms. The van der Waals surface area contributed by atoms with Crippen molar-refractivity contribution in [1.82, 2.24) is 14.4 Å². The molecule has 8 heteroatoms. The highest BCUT2D eigenvalue weighted by atomic mass is 32.1. The first-order valence-corrected chi connectivity index (χ1v) is 8.27. The first kappa shape index (κ1) is 16.1. The van der Waals surface area contributed by atoms with Gasteiger partial charge in [-0.25, -0.2) is 9.97 Å². The molecule has 1 N–H and O–H groups in total. The molecule has 0 aromatic carbocycles. The average molecular weight is 344 g/mol. The first-order chi connectivity index (χ1) is 11.5. The summed E-state index contributed by atoms with van der Waals surface area (Å²) >= 11 is 1.38. The Bertz CT molecular complexity index is 977. The minimum absolute atomic E-state index is 0.158. The van der Waals surface area contributed by atoms with Crippen molar-refractivity contribution in [3.8, 4) is 5.88 Å². The second-order valence-corrected chi connectivity index (χ2v) is 5.95. The molecule has 124 valence electrons. The van der Waals surface area contributed by atoms with Gasteiger partial charge in [-0.2, -0.15) is 0 Å². The van der Waals surface area contributed by atoms with Gasteiger partial charge in [-0.15, -0.1) is 11.3 Å². The predicted octanol–water partition coefficient (Wildman–Crippen LogP) is 2.42. The third-order valence-corrected chi connectivity index (χ3v) is 4.40. The van der Waals surface area contributed by atoms with Gasteiger partial charge in [0.25, 0.3) is 11.5 Å². The molecule has 3 aromatic rings. The van der Waals surface area contributed by atoms with Crippen molar-refractivity contribution in [3.05, 3.63) is 51.0 Å². The Morgan fingerprint density at radius 2 is 2.21 bits per heavy atom. The Balaban J connectivity index is 2.03. The highest BCUT2D eigenvalue weighted by molar-refractivity contribution is 7.15. The maximum Gasteiger partial charge on any atom is 0.282 e. The average Bonchev–Trinajstić information content (AvgIpc) is 2.93. The Morgan fingerprint density at radius 3 is 2.96 bits per heavy atom. The molecule has 7 nitrogen and oxygen atoms in total. The highest BCUT2D eigenvalue weighted by Gasteiger charge is 2.18. The Labute approximate surface area is 142 Å². The van der Waals surface area contributed by atoms with Crippen LogP contribution in [0.25, 0.3) is 4.96 Å². The van der Waals surface area contributed by atoms with Crippen LogP contribution in [0, 0.1) is 13.8 Å². The number of anilines is 1. The van der Waals surface area contributed by atoms with Gasteiger partial charge in [-0.3, -0.25) is 14.0 Å². The molecule has 0 saturated carbocycles. The Morgan fingerprint density at radius 1 is 1.42 bits per heavy atom. The molecule has 0 aliphatic carbocycles. The van der Waals surface area contributed by atoms with Crippen molar-refractivity contribution in [3.63, 3.8) is 0 Å². The summed E-state index contributed by atoms with van der Waals surface area (Å²) in [6.45, 7) is 5.71. The summed E-state index contributed by atoms with van der Waals surface area (Å²) in [5.41, 5.74) is 1.37. The van der Waals surface area contributed by atoms with Gasteiger partial charge in [-0.05, 0) is 32.9 Å². The van der Waals surface area contributed by atoms with Crippen LogP contribution < -0.4 is 15.6 Å². The summed E-state index contributed by atoms with van der Waals surface area (Å²) in [7, 11) is 0. The summed E-state index contributed by atoms with van der Waals surface area (Å²) in [4.78, 5) is 34.3. The maximum absolute atomic E-state index is 12.7. The molecule has 0 unspecified atom stereocenters. The van der Waals surface area contributed by atoms with Crippen LogP contribution in [-0.4, -0.2) is 26.9 Å². The molecule has 0 fully saturated rings. The van der Waals surface area contributed by atoms with Crippen LogP contribution in [0.15, 0.2) is 28.5 Å². The van der Waals surface area contributed by atoms with Crippen molar-refractivity contribution >= 4 is 27.9 Å². The number of hydrogen-bond acceptors (Lipinski definition) is 6. The van der Waals surface area contributed by atoms with Gasteiger partial charge in [0.1, 0.15) is 11.3 Å². The standard InChI is InChI=1S/C16H16N4O3S/c1-4-23-14-11(6-5-7-17-14)13(21)19-12-10(3)18-16-20(15(12)22)9(2)8-24-16/h5-8H,4H2,1-3H3,(H,19,21). The normalized spacial score (nSPS) is 10.8. The molecule has 0 radical (unpaired) electrons. The molecule has 0 aliphatic rings. The zero-order chi connectivity index (χ0) is 17.3. The Kier molecular flexibility index (Phi) is 4.30. The van der Waals surface area contributed by atoms with Crippen LogP contribution in [0.4, 0.5) is 5.69 Å². The molecular weight excluding hydrogens is 328 g/mol. The van der Waals surface area contributed by atoms with Gasteiger partial charge in [-0.1, -0.05) is 0 Å². The van der Waals surface area contributed by atoms with E-state index in [1.54, 1.807) is 25.3 Å². The topological polar surface area (TPSA) is 85.6 Å². The lowest BCUT2D eigenvalue weighted by Gasteiger charge is -2.10. The lowest BCUT2D eigenvalue weighted by Crippen LogP contribution is -2.25. The van der Waals surface area contributed by atoms with E-state index in [1.807, 2.05) is 19.2 Å². The number of pyridine rings is 1. The number of rotatable bonds is 4. The molecule has 0 atom stereocenters. The van der Waals surface area contributed by atoms with E-state index < -0.39 is 5.91 Å². The van der Waals surface area contributed by atoms with Crippen LogP contribution in [0.5, 0.6) is 5.88 Å². The van der Waals surface area contributed by atoms with E-state index in [9.17, 15) is 9.59 Å². The molecule has 0 spiro atoms. The largest absolute Gasteiger partial charge is 0.477 e. The fourth-order valence-corrected chi connectivity index (χ4v) is 3.23. The fraction of sp³-hybridized carbons (Fsp3) is 0.250. The molecule has 3 rings (SSSR count). The summed E-state index contributed by atoms with van der Waals surface area (Å²) in [6, 6.07) is 3.24. The van der Waals surface area contributed by atoms with Crippen molar-refractivity contribution in [2.75, 3.05) is 11.9 Å². The quantitative estimate of drug-likeness (QED) is 0.785. The molecule has 24 heavy (non-hydrogen) atoms. The minimum Gasteiger partial charge on any atom is -0.477 e. The zero-order valence-corrected chi connectivity index (χ0v) is 14.3. The number of ether oxygens (including phenoxy) is 1. The summed E-state index contributed by atoms with van der Waals surface area (Å²) in [5.74, 6) is -0.225. The number of nitrogens with zero attached hydrogens (tertiary/aromatic N) is 3. The van der Waals surface area contributed by atoms with Crippen LogP contribution >= 0.6 is 11.3 Å². The number of hydrogen-bond donors (Lipinski definition) is 1. The minimum atomic E-state index is -0.457. The van der Waals surface area contributed by atoms with Crippen molar-refractivity contribution in [1.29, 1.82) is 0 Å². The lowest BCUT2D eigenvalue weighted by atomic mass is 10.2. The number of thiazole rings is 1. The van der Waals surface area contributed by atoms with Crippen molar-refractivity contribution < 1.29 is 9.53 Å². The third-order valence-electron chi connectivity index (χ3n) is 3.46. The van der Waals surface area contributed by atoms with Crippen LogP contribution in [0.1, 0.15) is 28.7 Å². The number of amides is 1. The van der Waals surface area contributed by atoms with Gasteiger partial charge in [0.2, 0.25) is 5.88 Å². The van der Waals surface area contributed by atoms with Gasteiger partial charge >= 0.3 is 0 Å². The van der Waals surface area contributed by atoms with Gasteiger partial charge < -0.3 is 10.1 Å². The van der Waals surface area contributed by atoms with Gasteiger partial charge in [0.05, 0.1) is 12.3 Å². The summed E-state index contributed by atoms with van der Waals surface area (Å²) in [6.07, 6.45) is 1.55. The van der Waals surface area contributed by atoms with E-state index in [0.29, 0.717) is 17.3 Å². The van der Waals surface area contributed by atoms with E-state index in [-0.39, 0.29) is 22.7 Å². The molecule has 3 heterocycles. The van der Waals surface area contributed by atoms with Crippen LogP contribution in [0.2, 0.25) is 0 Å². The predicted molar refractivity (Wildman–Crippen MR) is 92.2 cm³/mol. The second-order valence-electron chi connectivity index (χ2n) is 5.12. The van der Waals surface area contributed by atoms with E-state index in [0.717, 1.165) is 5.69 Å². The first-order valence-electron chi connectivity index (χ1n) is 7.39. The summed E-state index contributed by atoms with van der Waals surface area (Å²) < 4.78 is 6.85. The smallest absolute Gasteiger partial charge is 0.282 e. The highest BCUT2D eigenvalue weighted by Crippen LogP contribution is 2.19. The molecule has 0 aliphatic heterocycles. The maximum atomic E-state index is 12.7. The third kappa shape index (κ3) is 2.76. The van der Waals surface area contributed by atoms with Gasteiger partial charge in [0.15, 0.2) is 4.96 Å². The Hall–Kier alpha value is -2.74. The molecule has 3 aromatic heterocycles. The SMILES string of the molecule is CCOc1ncccc1C(=O)Nc1c(C)nc2scc(C)n2c1=O. The number of aryl methyl sites for hydroxylation is 2. The van der Waals surface area contributed by atoms with Crippen molar-refractivity contribution in [2.45, 2.75) is 20.8 Å². The zero-order valence-electron chi connectivity index (χ0n) is 13.5. The van der Waals surface area contributed by atoms with E-state index in [4.69, 9.17) is 4.74 Å². The number of carbonyl (C=O) groups excluding carboxylic acids is 1. The van der Waals surface area contributed by atoms with E-state index >= 15 is 0 Å². The van der Waals surface area contributed by atoms with E-state index in [1.165, 1.54) is 15.7 Å². The van der Waals surface area contributed by atoms with Crippen LogP contribution in [0.3, 0.4) is 0 Å². The summed E-state index contributed by atoms with van der Waals surface area (Å²) in [5, 5.41) is 4.50. The lowest BCUT2D eigenvalue weighted by molar-refractivity contribution is 0.102. The number of fused-ring (bicyclic) bond motifs is 1. The second kappa shape index (κ2) is 6.40. The number of aromatic nitrogens is 3. The fourth-order valence-electron chi connectivity index (χ4n) is 2.32. The van der Waals surface area contributed by atoms with Crippen LogP contribution in [-0.2, 0) is 0 Å². The molecule has 0 saturated heterocycles. The number of carbonyl (C=O) groups is 1. The van der Waals surface area contributed by atoms with E-state index in [2.05, 4.69) is 15.3 Å².